The minimum Gasteiger partial charge on any atom is -0.334 e. The SMILES string of the molecule is CC(C)c1ccc(S(=O)(=O)N2CCN(C(=O)NCc3cccc(NS(C)(=O)=O)c3)CC2)cc1. The molecule has 2 N–H and O–H groups in total. The smallest absolute Gasteiger partial charge is 0.317 e. The predicted octanol–water partition coefficient (Wildman–Crippen LogP) is 2.40. The van der Waals surface area contributed by atoms with Crippen LogP contribution in [-0.4, -0.2) is 64.5 Å². The fourth-order valence-corrected chi connectivity index (χ4v) is 5.53. The van der Waals surface area contributed by atoms with E-state index in [2.05, 4.69) is 23.9 Å². The summed E-state index contributed by atoms with van der Waals surface area (Å²) in [4.78, 5) is 14.4. The Morgan fingerprint density at radius 1 is 0.970 bits per heavy atom. The molecule has 11 heteroatoms. The fourth-order valence-electron chi connectivity index (χ4n) is 3.55. The summed E-state index contributed by atoms with van der Waals surface area (Å²) in [5, 5.41) is 2.80. The number of rotatable bonds is 7. The number of carbonyl (C=O) groups is 1. The van der Waals surface area contributed by atoms with Gasteiger partial charge in [0.05, 0.1) is 11.2 Å². The van der Waals surface area contributed by atoms with E-state index in [4.69, 9.17) is 0 Å². The van der Waals surface area contributed by atoms with Crippen LogP contribution >= 0.6 is 0 Å². The molecule has 1 saturated heterocycles. The summed E-state index contributed by atoms with van der Waals surface area (Å²) in [6, 6.07) is 13.4. The van der Waals surface area contributed by atoms with Gasteiger partial charge >= 0.3 is 6.03 Å². The molecule has 33 heavy (non-hydrogen) atoms. The van der Waals surface area contributed by atoms with Crippen molar-refractivity contribution in [3.63, 3.8) is 0 Å². The van der Waals surface area contributed by atoms with Crippen molar-refractivity contribution in [2.24, 2.45) is 0 Å². The van der Waals surface area contributed by atoms with E-state index in [1.165, 1.54) is 4.31 Å². The highest BCUT2D eigenvalue weighted by Crippen LogP contribution is 2.21. The molecular formula is C22H30N4O5S2. The number of nitrogens with zero attached hydrogens (tertiary/aromatic N) is 2. The molecule has 2 aromatic carbocycles. The topological polar surface area (TPSA) is 116 Å². The molecule has 0 spiro atoms. The summed E-state index contributed by atoms with van der Waals surface area (Å²) in [5.74, 6) is 0.322. The molecule has 0 aliphatic carbocycles. The van der Waals surface area contributed by atoms with Crippen LogP contribution in [0.3, 0.4) is 0 Å². The van der Waals surface area contributed by atoms with Crippen molar-refractivity contribution >= 4 is 31.8 Å². The summed E-state index contributed by atoms with van der Waals surface area (Å²) < 4.78 is 52.5. The van der Waals surface area contributed by atoms with Gasteiger partial charge in [-0.1, -0.05) is 38.1 Å². The van der Waals surface area contributed by atoms with Crippen molar-refractivity contribution in [1.82, 2.24) is 14.5 Å². The van der Waals surface area contributed by atoms with Gasteiger partial charge in [-0.05, 0) is 41.3 Å². The summed E-state index contributed by atoms with van der Waals surface area (Å²) in [6.07, 6.45) is 1.07. The lowest BCUT2D eigenvalue weighted by atomic mass is 10.0. The van der Waals surface area contributed by atoms with Crippen molar-refractivity contribution in [1.29, 1.82) is 0 Å². The van der Waals surface area contributed by atoms with Gasteiger partial charge in [0.25, 0.3) is 0 Å². The molecular weight excluding hydrogens is 464 g/mol. The number of nitrogens with one attached hydrogen (secondary N) is 2. The Morgan fingerprint density at radius 3 is 2.18 bits per heavy atom. The lowest BCUT2D eigenvalue weighted by molar-refractivity contribution is 0.172. The third kappa shape index (κ3) is 6.68. The Kier molecular flexibility index (Phi) is 7.65. The molecule has 3 rings (SSSR count). The molecule has 9 nitrogen and oxygen atoms in total. The number of hydrogen-bond acceptors (Lipinski definition) is 5. The average Bonchev–Trinajstić information content (AvgIpc) is 2.76. The van der Waals surface area contributed by atoms with E-state index in [1.54, 1.807) is 41.3 Å². The van der Waals surface area contributed by atoms with Gasteiger partial charge in [0.15, 0.2) is 0 Å². The Morgan fingerprint density at radius 2 is 1.61 bits per heavy atom. The fraction of sp³-hybridized carbons (Fsp3) is 0.409. The molecule has 0 aromatic heterocycles. The third-order valence-corrected chi connectivity index (χ3v) is 7.90. The molecule has 1 aliphatic heterocycles. The molecule has 0 unspecified atom stereocenters. The zero-order chi connectivity index (χ0) is 24.2. The Bertz CT molecular complexity index is 1190. The normalized spacial score (nSPS) is 15.5. The first-order valence-electron chi connectivity index (χ1n) is 10.7. The lowest BCUT2D eigenvalue weighted by Gasteiger charge is -2.34. The van der Waals surface area contributed by atoms with Gasteiger partial charge in [-0.15, -0.1) is 0 Å². The second-order valence-corrected chi connectivity index (χ2v) is 12.0. The van der Waals surface area contributed by atoms with Gasteiger partial charge in [-0.25, -0.2) is 21.6 Å². The molecule has 1 heterocycles. The Labute approximate surface area is 195 Å². The maximum absolute atomic E-state index is 12.9. The Hall–Kier alpha value is -2.63. The first kappa shape index (κ1) is 25.0. The third-order valence-electron chi connectivity index (χ3n) is 5.38. The van der Waals surface area contributed by atoms with Gasteiger partial charge in [-0.3, -0.25) is 4.72 Å². The van der Waals surface area contributed by atoms with Crippen LogP contribution in [0.4, 0.5) is 10.5 Å². The van der Waals surface area contributed by atoms with Gasteiger partial charge in [0.2, 0.25) is 20.0 Å². The standard InChI is InChI=1S/C22H30N4O5S2/c1-17(2)19-7-9-21(10-8-19)33(30,31)26-13-11-25(12-14-26)22(27)23-16-18-5-4-6-20(15-18)24-32(3,28)29/h4-10,15,17,24H,11-14,16H2,1-3H3,(H,23,27). The van der Waals surface area contributed by atoms with Crippen molar-refractivity contribution < 1.29 is 21.6 Å². The van der Waals surface area contributed by atoms with Crippen LogP contribution in [0.5, 0.6) is 0 Å². The molecule has 1 aliphatic rings. The van der Waals surface area contributed by atoms with E-state index in [0.717, 1.165) is 17.4 Å². The summed E-state index contributed by atoms with van der Waals surface area (Å²) in [5.41, 5.74) is 2.24. The van der Waals surface area contributed by atoms with E-state index >= 15 is 0 Å². The molecule has 0 saturated carbocycles. The number of benzene rings is 2. The zero-order valence-corrected chi connectivity index (χ0v) is 20.6. The number of anilines is 1. The molecule has 180 valence electrons. The first-order valence-corrected chi connectivity index (χ1v) is 14.0. The minimum atomic E-state index is -3.61. The zero-order valence-electron chi connectivity index (χ0n) is 19.0. The van der Waals surface area contributed by atoms with Crippen molar-refractivity contribution in [2.75, 3.05) is 37.2 Å². The highest BCUT2D eigenvalue weighted by Gasteiger charge is 2.30. The van der Waals surface area contributed by atoms with Crippen LogP contribution in [0.2, 0.25) is 0 Å². The Balaban J connectivity index is 1.54. The summed E-state index contributed by atoms with van der Waals surface area (Å²) >= 11 is 0. The number of urea groups is 1. The molecule has 0 radical (unpaired) electrons. The molecule has 2 aromatic rings. The second kappa shape index (κ2) is 10.1. The maximum atomic E-state index is 12.9. The number of piperazine rings is 1. The van der Waals surface area contributed by atoms with Crippen molar-refractivity contribution in [3.8, 4) is 0 Å². The second-order valence-electron chi connectivity index (χ2n) is 8.35. The van der Waals surface area contributed by atoms with E-state index in [1.807, 2.05) is 12.1 Å². The van der Waals surface area contributed by atoms with Crippen LogP contribution in [0.25, 0.3) is 0 Å². The highest BCUT2D eigenvalue weighted by atomic mass is 32.2. The molecule has 1 fully saturated rings. The minimum absolute atomic E-state index is 0.218. The van der Waals surface area contributed by atoms with Crippen LogP contribution in [0.15, 0.2) is 53.4 Å². The van der Waals surface area contributed by atoms with Gasteiger partial charge in [0.1, 0.15) is 0 Å². The van der Waals surface area contributed by atoms with E-state index in [9.17, 15) is 21.6 Å². The van der Waals surface area contributed by atoms with E-state index in [-0.39, 0.29) is 43.7 Å². The lowest BCUT2D eigenvalue weighted by Crippen LogP contribution is -2.52. The van der Waals surface area contributed by atoms with Gasteiger partial charge in [0, 0.05) is 38.4 Å². The maximum Gasteiger partial charge on any atom is 0.317 e. The largest absolute Gasteiger partial charge is 0.334 e. The summed E-state index contributed by atoms with van der Waals surface area (Å²) in [7, 11) is -7.00. The molecule has 0 atom stereocenters. The molecule has 0 bridgehead atoms. The van der Waals surface area contributed by atoms with Crippen LogP contribution < -0.4 is 10.0 Å². The number of hydrogen-bond donors (Lipinski definition) is 2. The quantitative estimate of drug-likeness (QED) is 0.613. The first-order chi connectivity index (χ1) is 15.5. The van der Waals surface area contributed by atoms with Gasteiger partial charge < -0.3 is 10.2 Å². The number of sulfonamides is 2. The van der Waals surface area contributed by atoms with Crippen LogP contribution in [0.1, 0.15) is 30.9 Å². The van der Waals surface area contributed by atoms with Crippen LogP contribution in [0, 0.1) is 0 Å². The number of amides is 2. The summed E-state index contributed by atoms with van der Waals surface area (Å²) in [6.45, 7) is 5.33. The van der Waals surface area contributed by atoms with E-state index < -0.39 is 20.0 Å². The average molecular weight is 495 g/mol. The van der Waals surface area contributed by atoms with Crippen molar-refractivity contribution in [3.05, 3.63) is 59.7 Å². The van der Waals surface area contributed by atoms with Crippen molar-refractivity contribution in [2.45, 2.75) is 31.2 Å². The van der Waals surface area contributed by atoms with Crippen LogP contribution in [-0.2, 0) is 26.6 Å². The van der Waals surface area contributed by atoms with Gasteiger partial charge in [-0.2, -0.15) is 4.31 Å². The number of carbonyl (C=O) groups excluding carboxylic acids is 1. The predicted molar refractivity (Wildman–Crippen MR) is 128 cm³/mol. The molecule has 2 amide bonds. The van der Waals surface area contributed by atoms with E-state index in [0.29, 0.717) is 11.6 Å². The highest BCUT2D eigenvalue weighted by molar-refractivity contribution is 7.92. The monoisotopic (exact) mass is 494 g/mol.